The summed E-state index contributed by atoms with van der Waals surface area (Å²) in [4.78, 5) is 11.2. The number of aliphatic hydroxyl groups is 1. The van der Waals surface area contributed by atoms with Gasteiger partial charge in [0.05, 0.1) is 14.0 Å². The second kappa shape index (κ2) is 7.05. The van der Waals surface area contributed by atoms with Crippen LogP contribution in [0, 0.1) is 0 Å². The van der Waals surface area contributed by atoms with Crippen molar-refractivity contribution < 1.29 is 14.6 Å². The van der Waals surface area contributed by atoms with Crippen molar-refractivity contribution in [3.63, 3.8) is 0 Å². The van der Waals surface area contributed by atoms with Gasteiger partial charge in [0.2, 0.25) is 0 Å². The van der Waals surface area contributed by atoms with Crippen molar-refractivity contribution >= 4 is 13.8 Å². The zero-order chi connectivity index (χ0) is 12.7. The molecule has 96 valence electrons. The molecule has 1 aliphatic carbocycles. The highest BCUT2D eigenvalue weighted by Gasteiger charge is 2.34. The van der Waals surface area contributed by atoms with Gasteiger partial charge in [-0.25, -0.2) is 4.79 Å². The standard InChI is InChI=1S/C13H23BO3/c1-2-11(17-12(16)10-15)13(14)8-6-4-3-5-7-9-13/h11,15H,2-10H2,1H3. The maximum atomic E-state index is 11.2. The van der Waals surface area contributed by atoms with Gasteiger partial charge in [-0.3, -0.25) is 0 Å². The Labute approximate surface area is 105 Å². The molecule has 1 rings (SSSR count). The SMILES string of the molecule is [B]C1(C(CC)OC(=O)CO)CCCCCCC1. The van der Waals surface area contributed by atoms with Gasteiger partial charge in [0.1, 0.15) is 6.61 Å². The lowest BCUT2D eigenvalue weighted by Gasteiger charge is -2.38. The molecule has 1 unspecified atom stereocenters. The zero-order valence-electron chi connectivity index (χ0n) is 10.8. The van der Waals surface area contributed by atoms with Crippen LogP contribution >= 0.6 is 0 Å². The van der Waals surface area contributed by atoms with Gasteiger partial charge in [0, 0.05) is 0 Å². The maximum Gasteiger partial charge on any atom is 0.332 e. The molecule has 0 aliphatic heterocycles. The molecule has 2 radical (unpaired) electrons. The fourth-order valence-electron chi connectivity index (χ4n) is 2.69. The topological polar surface area (TPSA) is 46.5 Å². The molecule has 0 aromatic carbocycles. The van der Waals surface area contributed by atoms with Gasteiger partial charge < -0.3 is 9.84 Å². The molecule has 1 N–H and O–H groups in total. The second-order valence-corrected chi connectivity index (χ2v) is 5.05. The molecule has 0 aromatic heterocycles. The van der Waals surface area contributed by atoms with Crippen molar-refractivity contribution in [1.29, 1.82) is 0 Å². The first-order chi connectivity index (χ1) is 8.12. The molecule has 0 saturated heterocycles. The summed E-state index contributed by atoms with van der Waals surface area (Å²) in [6, 6.07) is 0. The van der Waals surface area contributed by atoms with Crippen LogP contribution in [-0.4, -0.2) is 31.6 Å². The highest BCUT2D eigenvalue weighted by atomic mass is 16.6. The average molecular weight is 238 g/mol. The summed E-state index contributed by atoms with van der Waals surface area (Å²) >= 11 is 0. The predicted molar refractivity (Wildman–Crippen MR) is 68.0 cm³/mol. The molecule has 0 amide bonds. The fourth-order valence-corrected chi connectivity index (χ4v) is 2.69. The lowest BCUT2D eigenvalue weighted by molar-refractivity contribution is -0.155. The Bertz CT molecular complexity index is 235. The maximum absolute atomic E-state index is 11.2. The smallest absolute Gasteiger partial charge is 0.332 e. The molecule has 0 spiro atoms. The van der Waals surface area contributed by atoms with E-state index in [1.807, 2.05) is 6.92 Å². The van der Waals surface area contributed by atoms with E-state index in [4.69, 9.17) is 17.7 Å². The summed E-state index contributed by atoms with van der Waals surface area (Å²) in [5, 5.41) is 8.34. The third kappa shape index (κ3) is 4.34. The molecule has 1 saturated carbocycles. The van der Waals surface area contributed by atoms with Crippen molar-refractivity contribution in [2.24, 2.45) is 0 Å². The van der Waals surface area contributed by atoms with Crippen LogP contribution in [0.25, 0.3) is 0 Å². The monoisotopic (exact) mass is 238 g/mol. The van der Waals surface area contributed by atoms with Crippen LogP contribution in [-0.2, 0) is 9.53 Å². The van der Waals surface area contributed by atoms with E-state index in [2.05, 4.69) is 0 Å². The van der Waals surface area contributed by atoms with E-state index in [0.717, 1.165) is 25.7 Å². The van der Waals surface area contributed by atoms with Crippen molar-refractivity contribution in [2.75, 3.05) is 6.61 Å². The molecule has 17 heavy (non-hydrogen) atoms. The normalized spacial score (nSPS) is 22.2. The second-order valence-electron chi connectivity index (χ2n) is 5.05. The van der Waals surface area contributed by atoms with E-state index >= 15 is 0 Å². The van der Waals surface area contributed by atoms with Gasteiger partial charge in [-0.1, -0.05) is 51.9 Å². The van der Waals surface area contributed by atoms with Crippen molar-refractivity contribution in [3.05, 3.63) is 0 Å². The van der Waals surface area contributed by atoms with Crippen LogP contribution in [0.4, 0.5) is 0 Å². The molecule has 0 bridgehead atoms. The number of rotatable bonds is 4. The van der Waals surface area contributed by atoms with Crippen LogP contribution in [0.1, 0.15) is 58.3 Å². The third-order valence-electron chi connectivity index (χ3n) is 3.70. The number of esters is 1. The average Bonchev–Trinajstić information content (AvgIpc) is 2.30. The number of hydrogen-bond donors (Lipinski definition) is 1. The lowest BCUT2D eigenvalue weighted by atomic mass is 9.58. The van der Waals surface area contributed by atoms with E-state index in [1.165, 1.54) is 19.3 Å². The Morgan fingerprint density at radius 1 is 1.29 bits per heavy atom. The molecule has 0 aromatic rings. The van der Waals surface area contributed by atoms with E-state index in [1.54, 1.807) is 0 Å². The van der Waals surface area contributed by atoms with E-state index in [0.29, 0.717) is 6.42 Å². The van der Waals surface area contributed by atoms with Crippen LogP contribution in [0.2, 0.25) is 5.31 Å². The Morgan fingerprint density at radius 3 is 2.29 bits per heavy atom. The molecule has 0 heterocycles. The minimum Gasteiger partial charge on any atom is -0.461 e. The van der Waals surface area contributed by atoms with Crippen molar-refractivity contribution in [2.45, 2.75) is 69.7 Å². The van der Waals surface area contributed by atoms with Crippen LogP contribution in [0.15, 0.2) is 0 Å². The van der Waals surface area contributed by atoms with E-state index in [9.17, 15) is 4.79 Å². The number of aliphatic hydroxyl groups excluding tert-OH is 1. The van der Waals surface area contributed by atoms with Crippen molar-refractivity contribution in [3.8, 4) is 0 Å². The highest BCUT2D eigenvalue weighted by Crippen LogP contribution is 2.43. The third-order valence-corrected chi connectivity index (χ3v) is 3.70. The summed E-state index contributed by atoms with van der Waals surface area (Å²) in [6.07, 6.45) is 8.17. The first-order valence-corrected chi connectivity index (χ1v) is 6.71. The van der Waals surface area contributed by atoms with Crippen LogP contribution in [0.5, 0.6) is 0 Å². The zero-order valence-corrected chi connectivity index (χ0v) is 10.8. The predicted octanol–water partition coefficient (Wildman–Crippen LogP) is 2.37. The summed E-state index contributed by atoms with van der Waals surface area (Å²) in [7, 11) is 6.43. The number of ether oxygens (including phenoxy) is 1. The van der Waals surface area contributed by atoms with Crippen molar-refractivity contribution in [1.82, 2.24) is 0 Å². The lowest BCUT2D eigenvalue weighted by Crippen LogP contribution is -2.34. The minimum absolute atomic E-state index is 0.264. The van der Waals surface area contributed by atoms with Gasteiger partial charge in [-0.2, -0.15) is 0 Å². The van der Waals surface area contributed by atoms with Gasteiger partial charge in [0.15, 0.2) is 0 Å². The number of carbonyl (C=O) groups excluding carboxylic acids is 1. The van der Waals surface area contributed by atoms with E-state index in [-0.39, 0.29) is 6.10 Å². The molecule has 1 aliphatic rings. The summed E-state index contributed by atoms with van der Waals surface area (Å²) in [6.45, 7) is 1.41. The van der Waals surface area contributed by atoms with Crippen LogP contribution in [0.3, 0.4) is 0 Å². The van der Waals surface area contributed by atoms with Gasteiger partial charge in [0.25, 0.3) is 0 Å². The summed E-state index contributed by atoms with van der Waals surface area (Å²) < 4.78 is 5.27. The Hall–Kier alpha value is -0.505. The van der Waals surface area contributed by atoms with E-state index < -0.39 is 17.9 Å². The summed E-state index contributed by atoms with van der Waals surface area (Å²) in [5.74, 6) is -0.566. The minimum atomic E-state index is -0.566. The van der Waals surface area contributed by atoms with Gasteiger partial charge in [-0.15, -0.1) is 0 Å². The fraction of sp³-hybridized carbons (Fsp3) is 0.923. The quantitative estimate of drug-likeness (QED) is 0.604. The Morgan fingerprint density at radius 2 is 1.82 bits per heavy atom. The largest absolute Gasteiger partial charge is 0.461 e. The summed E-state index contributed by atoms with van der Waals surface area (Å²) in [5.41, 5.74) is 0. The first kappa shape index (κ1) is 14.6. The van der Waals surface area contributed by atoms with Gasteiger partial charge in [-0.05, 0) is 11.7 Å². The molecular weight excluding hydrogens is 215 g/mol. The molecule has 3 nitrogen and oxygen atoms in total. The molecule has 1 fully saturated rings. The molecule has 1 atom stereocenters. The Balaban J connectivity index is 2.64. The Kier molecular flexibility index (Phi) is 6.03. The first-order valence-electron chi connectivity index (χ1n) is 6.71. The number of carbonyl (C=O) groups is 1. The number of hydrogen-bond acceptors (Lipinski definition) is 3. The molecule has 4 heteroatoms. The highest BCUT2D eigenvalue weighted by molar-refractivity contribution is 6.15. The van der Waals surface area contributed by atoms with Crippen LogP contribution < -0.4 is 0 Å². The van der Waals surface area contributed by atoms with Gasteiger partial charge >= 0.3 is 5.97 Å². The molecular formula is C13H23BO3.